The highest BCUT2D eigenvalue weighted by Crippen LogP contribution is 2.43. The fourth-order valence-electron chi connectivity index (χ4n) is 9.80. The van der Waals surface area contributed by atoms with Gasteiger partial charge in [0, 0.05) is 64.2 Å². The monoisotopic (exact) mass is 819 g/mol. The highest BCUT2D eigenvalue weighted by atomic mass is 32.1. The van der Waals surface area contributed by atoms with E-state index in [2.05, 4.69) is 228 Å². The molecule has 0 saturated heterocycles. The van der Waals surface area contributed by atoms with Crippen molar-refractivity contribution in [3.63, 3.8) is 0 Å². The van der Waals surface area contributed by atoms with E-state index in [9.17, 15) is 0 Å². The molecule has 0 amide bonds. The lowest BCUT2D eigenvalue weighted by molar-refractivity contribution is 1.18. The summed E-state index contributed by atoms with van der Waals surface area (Å²) in [5.41, 5.74) is 15.9. The van der Waals surface area contributed by atoms with Crippen LogP contribution >= 0.6 is 11.3 Å². The Morgan fingerprint density at radius 2 is 0.857 bits per heavy atom. The molecule has 0 aliphatic carbocycles. The Hall–Kier alpha value is -8.05. The average Bonchev–Trinajstić information content (AvgIpc) is 4.02. The zero-order chi connectivity index (χ0) is 41.4. The predicted octanol–water partition coefficient (Wildman–Crippen LogP) is 16.3. The molecule has 9 aromatic carbocycles. The molecule has 0 aliphatic heterocycles. The van der Waals surface area contributed by atoms with Crippen LogP contribution in [0.2, 0.25) is 0 Å². The lowest BCUT2D eigenvalue weighted by Crippen LogP contribution is -1.95. The van der Waals surface area contributed by atoms with Crippen LogP contribution in [-0.2, 0) is 0 Å². The van der Waals surface area contributed by atoms with Crippen LogP contribution < -0.4 is 0 Å². The third-order valence-corrected chi connectivity index (χ3v) is 13.9. The van der Waals surface area contributed by atoms with Gasteiger partial charge in [-0.05, 0) is 101 Å². The molecule has 0 atom stereocenters. The maximum absolute atomic E-state index is 5.16. The first-order valence-electron chi connectivity index (χ1n) is 21.4. The van der Waals surface area contributed by atoms with Gasteiger partial charge < -0.3 is 9.13 Å². The Kier molecular flexibility index (Phi) is 8.08. The Bertz CT molecular complexity index is 3910. The summed E-state index contributed by atoms with van der Waals surface area (Å²) in [5, 5.41) is 7.55. The van der Waals surface area contributed by atoms with Gasteiger partial charge in [0.05, 0.1) is 33.5 Å². The fraction of sp³-hybridized carbons (Fsp3) is 0. The largest absolute Gasteiger partial charge is 0.309 e. The van der Waals surface area contributed by atoms with Crippen molar-refractivity contribution in [2.75, 3.05) is 0 Å². The van der Waals surface area contributed by atoms with Crippen LogP contribution in [0.25, 0.3) is 120 Å². The first-order valence-corrected chi connectivity index (χ1v) is 22.3. The molecular weight excluding hydrogens is 783 g/mol. The summed E-state index contributed by atoms with van der Waals surface area (Å²) in [4.78, 5) is 5.16. The Morgan fingerprint density at radius 1 is 0.302 bits per heavy atom. The zero-order valence-electron chi connectivity index (χ0n) is 34.1. The lowest BCUT2D eigenvalue weighted by atomic mass is 9.99. The molecule has 0 radical (unpaired) electrons. The van der Waals surface area contributed by atoms with E-state index in [4.69, 9.17) is 4.98 Å². The van der Waals surface area contributed by atoms with Crippen molar-refractivity contribution in [1.29, 1.82) is 0 Å². The molecule has 63 heavy (non-hydrogen) atoms. The number of rotatable bonds is 6. The quantitative estimate of drug-likeness (QED) is 0.164. The molecule has 4 aromatic heterocycles. The molecule has 0 spiro atoms. The first kappa shape index (κ1) is 35.7. The van der Waals surface area contributed by atoms with Gasteiger partial charge in [0.15, 0.2) is 0 Å². The minimum absolute atomic E-state index is 0.947. The molecular formula is C59H37N3S. The van der Waals surface area contributed by atoms with E-state index >= 15 is 0 Å². The number of aromatic nitrogens is 3. The number of benzene rings is 9. The third-order valence-electron chi connectivity index (χ3n) is 12.7. The molecule has 4 heteroatoms. The highest BCUT2D eigenvalue weighted by molar-refractivity contribution is 7.26. The number of pyridine rings is 1. The molecule has 13 aromatic rings. The first-order chi connectivity index (χ1) is 31.2. The van der Waals surface area contributed by atoms with Gasteiger partial charge >= 0.3 is 0 Å². The molecule has 0 bridgehead atoms. The van der Waals surface area contributed by atoms with Gasteiger partial charge in [0.1, 0.15) is 0 Å². The third kappa shape index (κ3) is 5.76. The predicted molar refractivity (Wildman–Crippen MR) is 268 cm³/mol. The maximum Gasteiger partial charge on any atom is 0.0710 e. The van der Waals surface area contributed by atoms with Gasteiger partial charge in [-0.25, -0.2) is 4.98 Å². The van der Waals surface area contributed by atoms with E-state index in [0.717, 1.165) is 39.4 Å². The smallest absolute Gasteiger partial charge is 0.0710 e. The van der Waals surface area contributed by atoms with Gasteiger partial charge in [-0.2, -0.15) is 0 Å². The van der Waals surface area contributed by atoms with Gasteiger partial charge in [-0.3, -0.25) is 0 Å². The van der Waals surface area contributed by atoms with Crippen molar-refractivity contribution in [3.8, 4) is 56.1 Å². The number of fused-ring (bicyclic) bond motifs is 9. The average molecular weight is 820 g/mol. The maximum atomic E-state index is 5.16. The van der Waals surface area contributed by atoms with Crippen LogP contribution in [0.4, 0.5) is 0 Å². The van der Waals surface area contributed by atoms with Gasteiger partial charge in [-0.1, -0.05) is 146 Å². The molecule has 3 nitrogen and oxygen atoms in total. The van der Waals surface area contributed by atoms with Crippen molar-refractivity contribution in [1.82, 2.24) is 14.1 Å². The van der Waals surface area contributed by atoms with Crippen LogP contribution in [0.3, 0.4) is 0 Å². The lowest BCUT2D eigenvalue weighted by Gasteiger charge is -2.12. The van der Waals surface area contributed by atoms with E-state index in [-0.39, 0.29) is 0 Å². The molecule has 0 saturated carbocycles. The molecule has 13 rings (SSSR count). The molecule has 0 unspecified atom stereocenters. The van der Waals surface area contributed by atoms with Gasteiger partial charge in [-0.15, -0.1) is 11.3 Å². The Morgan fingerprint density at radius 3 is 1.65 bits per heavy atom. The summed E-state index contributed by atoms with van der Waals surface area (Å²) in [6.07, 6.45) is 0. The van der Waals surface area contributed by atoms with E-state index in [0.29, 0.717) is 0 Å². The van der Waals surface area contributed by atoms with Crippen molar-refractivity contribution in [2.24, 2.45) is 0 Å². The van der Waals surface area contributed by atoms with Crippen LogP contribution in [0.1, 0.15) is 0 Å². The van der Waals surface area contributed by atoms with Crippen LogP contribution in [0.5, 0.6) is 0 Å². The number of hydrogen-bond donors (Lipinski definition) is 0. The number of thiophene rings is 1. The normalized spacial score (nSPS) is 11.8. The van der Waals surface area contributed by atoms with Crippen LogP contribution in [0, 0.1) is 0 Å². The second-order valence-corrected chi connectivity index (χ2v) is 17.4. The molecule has 0 N–H and O–H groups in total. The summed E-state index contributed by atoms with van der Waals surface area (Å²) in [6, 6.07) is 81.5. The van der Waals surface area contributed by atoms with E-state index < -0.39 is 0 Å². The Balaban J connectivity index is 1.01. The summed E-state index contributed by atoms with van der Waals surface area (Å²) < 4.78 is 7.46. The summed E-state index contributed by atoms with van der Waals surface area (Å²) >= 11 is 1.88. The summed E-state index contributed by atoms with van der Waals surface area (Å²) in [5.74, 6) is 0. The van der Waals surface area contributed by atoms with Crippen molar-refractivity contribution >= 4 is 75.1 Å². The van der Waals surface area contributed by atoms with Crippen molar-refractivity contribution in [2.45, 2.75) is 0 Å². The van der Waals surface area contributed by atoms with Crippen LogP contribution in [-0.4, -0.2) is 14.1 Å². The molecule has 294 valence electrons. The van der Waals surface area contributed by atoms with E-state index in [1.165, 1.54) is 80.5 Å². The standard InChI is InChI=1S/C59H37N3S/c1-3-14-38(15-4-1)52-24-13-25-53(60-52)42-16-11-19-44(34-42)62-56-33-30-40(39-29-32-55-50(35-39)46-20-7-9-26-54(46)61(55)43-17-5-2-6-18-43)36-51(56)47-31-28-41(37-57(47)62)45-22-12-23-49-48-21-8-10-27-58(48)63-59(45)49/h1-37H. The van der Waals surface area contributed by atoms with Crippen LogP contribution in [0.15, 0.2) is 224 Å². The Labute approximate surface area is 368 Å². The van der Waals surface area contributed by atoms with Crippen molar-refractivity contribution in [3.05, 3.63) is 224 Å². The minimum atomic E-state index is 0.947. The van der Waals surface area contributed by atoms with E-state index in [1.807, 2.05) is 17.4 Å². The van der Waals surface area contributed by atoms with Gasteiger partial charge in [0.2, 0.25) is 0 Å². The zero-order valence-corrected chi connectivity index (χ0v) is 34.9. The summed E-state index contributed by atoms with van der Waals surface area (Å²) in [7, 11) is 0. The molecule has 4 heterocycles. The van der Waals surface area contributed by atoms with Crippen molar-refractivity contribution < 1.29 is 0 Å². The number of hydrogen-bond acceptors (Lipinski definition) is 2. The molecule has 0 fully saturated rings. The topological polar surface area (TPSA) is 22.8 Å². The SMILES string of the molecule is c1ccc(-c2cccc(-c3cccc(-n4c5ccc(-c6ccc7c(c6)c6ccccc6n7-c6ccccc6)cc5c5ccc(-c6cccc7c6sc6ccccc67)cc54)c3)n2)cc1. The summed E-state index contributed by atoms with van der Waals surface area (Å²) in [6.45, 7) is 0. The number of nitrogens with zero attached hydrogens (tertiary/aromatic N) is 3. The number of para-hydroxylation sites is 2. The second kappa shape index (κ2) is 14.3. The fourth-order valence-corrected chi connectivity index (χ4v) is 11.0. The van der Waals surface area contributed by atoms with Gasteiger partial charge in [0.25, 0.3) is 0 Å². The minimum Gasteiger partial charge on any atom is -0.309 e. The molecule has 0 aliphatic rings. The second-order valence-electron chi connectivity index (χ2n) is 16.3. The highest BCUT2D eigenvalue weighted by Gasteiger charge is 2.19. The van der Waals surface area contributed by atoms with E-state index in [1.54, 1.807) is 0 Å².